The van der Waals surface area contributed by atoms with E-state index in [1.807, 2.05) is 12.1 Å². The number of benzene rings is 3. The molecule has 0 saturated carbocycles. The van der Waals surface area contributed by atoms with Crippen molar-refractivity contribution < 1.29 is 0 Å². The fraction of sp³-hybridized carbons (Fsp3) is 0.217. The number of nitrogens with zero attached hydrogens (tertiary/aromatic N) is 1. The van der Waals surface area contributed by atoms with E-state index in [-0.39, 0.29) is 0 Å². The molecular weight excluding hydrogens is 340 g/mol. The second-order valence-electron chi connectivity index (χ2n) is 6.67. The Balaban J connectivity index is 1.49. The van der Waals surface area contributed by atoms with Gasteiger partial charge in [-0.25, -0.2) is 0 Å². The summed E-state index contributed by atoms with van der Waals surface area (Å²) in [7, 11) is 0. The average Bonchev–Trinajstić information content (AvgIpc) is 3.00. The lowest BCUT2D eigenvalue weighted by molar-refractivity contribution is 0.687. The number of hydrogen-bond acceptors (Lipinski definition) is 1. The summed E-state index contributed by atoms with van der Waals surface area (Å²) in [4.78, 5) is 0. The Kier molecular flexibility index (Phi) is 4.96. The van der Waals surface area contributed by atoms with E-state index in [2.05, 4.69) is 71.4 Å². The third kappa shape index (κ3) is 3.35. The van der Waals surface area contributed by atoms with Crippen molar-refractivity contribution in [2.24, 2.45) is 0 Å². The van der Waals surface area contributed by atoms with Crippen molar-refractivity contribution in [3.05, 3.63) is 82.9 Å². The molecule has 1 N–H and O–H groups in total. The zero-order valence-corrected chi connectivity index (χ0v) is 15.8. The van der Waals surface area contributed by atoms with Crippen LogP contribution in [0.4, 0.5) is 0 Å². The Morgan fingerprint density at radius 2 is 1.58 bits per heavy atom. The first-order valence-electron chi connectivity index (χ1n) is 9.21. The van der Waals surface area contributed by atoms with E-state index < -0.39 is 0 Å². The predicted molar refractivity (Wildman–Crippen MR) is 112 cm³/mol. The molecule has 0 fully saturated rings. The maximum atomic E-state index is 5.94. The molecule has 1 heterocycles. The van der Waals surface area contributed by atoms with Crippen LogP contribution in [-0.2, 0) is 19.5 Å². The molecule has 0 aliphatic rings. The molecule has 0 atom stereocenters. The minimum atomic E-state index is 0.793. The zero-order valence-electron chi connectivity index (χ0n) is 15.0. The summed E-state index contributed by atoms with van der Waals surface area (Å²) in [6.45, 7) is 5.03. The lowest BCUT2D eigenvalue weighted by atomic mass is 10.1. The summed E-state index contributed by atoms with van der Waals surface area (Å²) in [6.07, 6.45) is 1.01. The van der Waals surface area contributed by atoms with Gasteiger partial charge in [0.25, 0.3) is 0 Å². The SMILES string of the molecule is CCn1c2ccccc2c2cc(CNCCc3ccc(Cl)cc3)ccc21. The molecular formula is C23H23ClN2. The van der Waals surface area contributed by atoms with E-state index in [0.29, 0.717) is 0 Å². The van der Waals surface area contributed by atoms with Crippen molar-refractivity contribution >= 4 is 33.4 Å². The normalized spacial score (nSPS) is 11.5. The highest BCUT2D eigenvalue weighted by Crippen LogP contribution is 2.29. The highest BCUT2D eigenvalue weighted by molar-refractivity contribution is 6.30. The van der Waals surface area contributed by atoms with Gasteiger partial charge in [-0.3, -0.25) is 0 Å². The van der Waals surface area contributed by atoms with E-state index >= 15 is 0 Å². The molecule has 0 amide bonds. The molecule has 0 radical (unpaired) electrons. The molecule has 0 unspecified atom stereocenters. The number of para-hydroxylation sites is 1. The lowest BCUT2D eigenvalue weighted by Gasteiger charge is -2.07. The zero-order chi connectivity index (χ0) is 17.9. The van der Waals surface area contributed by atoms with Crippen molar-refractivity contribution in [2.45, 2.75) is 26.4 Å². The Labute approximate surface area is 159 Å². The van der Waals surface area contributed by atoms with Gasteiger partial charge in [0.1, 0.15) is 0 Å². The highest BCUT2D eigenvalue weighted by atomic mass is 35.5. The molecule has 3 aromatic carbocycles. The van der Waals surface area contributed by atoms with E-state index in [0.717, 1.165) is 31.1 Å². The van der Waals surface area contributed by atoms with Gasteiger partial charge in [-0.15, -0.1) is 0 Å². The second kappa shape index (κ2) is 7.53. The molecule has 3 heteroatoms. The summed E-state index contributed by atoms with van der Waals surface area (Å²) in [5.41, 5.74) is 5.27. The van der Waals surface area contributed by atoms with Gasteiger partial charge >= 0.3 is 0 Å². The lowest BCUT2D eigenvalue weighted by Crippen LogP contribution is -2.16. The minimum absolute atomic E-state index is 0.793. The van der Waals surface area contributed by atoms with E-state index in [1.54, 1.807) is 0 Å². The Morgan fingerprint density at radius 3 is 2.38 bits per heavy atom. The second-order valence-corrected chi connectivity index (χ2v) is 7.10. The van der Waals surface area contributed by atoms with Gasteiger partial charge in [-0.05, 0) is 61.3 Å². The van der Waals surface area contributed by atoms with Gasteiger partial charge in [0, 0.05) is 39.9 Å². The summed E-state index contributed by atoms with van der Waals surface area (Å²) in [6, 6.07) is 23.6. The van der Waals surface area contributed by atoms with Crippen LogP contribution in [0.5, 0.6) is 0 Å². The Morgan fingerprint density at radius 1 is 0.846 bits per heavy atom. The maximum absolute atomic E-state index is 5.94. The van der Waals surface area contributed by atoms with Crippen molar-refractivity contribution in [1.82, 2.24) is 9.88 Å². The standard InChI is InChI=1S/C23H23ClN2/c1-2-26-22-6-4-3-5-20(22)21-15-18(9-12-23(21)26)16-25-14-13-17-7-10-19(24)11-8-17/h3-12,15,25H,2,13-14,16H2,1H3. The Bertz CT molecular complexity index is 1030. The average molecular weight is 363 g/mol. The number of rotatable bonds is 6. The molecule has 0 aliphatic carbocycles. The topological polar surface area (TPSA) is 17.0 Å². The number of fused-ring (bicyclic) bond motifs is 3. The molecule has 0 spiro atoms. The van der Waals surface area contributed by atoms with Crippen LogP contribution >= 0.6 is 11.6 Å². The van der Waals surface area contributed by atoms with E-state index in [9.17, 15) is 0 Å². The molecule has 0 aliphatic heterocycles. The van der Waals surface area contributed by atoms with Crippen molar-refractivity contribution in [2.75, 3.05) is 6.54 Å². The molecule has 4 rings (SSSR count). The van der Waals surface area contributed by atoms with Crippen LogP contribution in [0.25, 0.3) is 21.8 Å². The first-order valence-corrected chi connectivity index (χ1v) is 9.59. The van der Waals surface area contributed by atoms with Gasteiger partial charge in [0.15, 0.2) is 0 Å². The summed E-state index contributed by atoms with van der Waals surface area (Å²) < 4.78 is 2.39. The van der Waals surface area contributed by atoms with Gasteiger partial charge in [-0.2, -0.15) is 0 Å². The Hall–Kier alpha value is -2.29. The molecule has 132 valence electrons. The van der Waals surface area contributed by atoms with Crippen molar-refractivity contribution in [3.63, 3.8) is 0 Å². The van der Waals surface area contributed by atoms with Gasteiger partial charge in [-0.1, -0.05) is 48.0 Å². The van der Waals surface area contributed by atoms with E-state index in [1.165, 1.54) is 32.9 Å². The molecule has 1 aromatic heterocycles. The summed E-state index contributed by atoms with van der Waals surface area (Å²) in [5.74, 6) is 0. The molecule has 26 heavy (non-hydrogen) atoms. The third-order valence-electron chi connectivity index (χ3n) is 4.99. The number of nitrogens with one attached hydrogen (secondary N) is 1. The third-order valence-corrected chi connectivity index (χ3v) is 5.24. The fourth-order valence-electron chi connectivity index (χ4n) is 3.67. The summed E-state index contributed by atoms with van der Waals surface area (Å²) >= 11 is 5.94. The number of halogens is 1. The van der Waals surface area contributed by atoms with E-state index in [4.69, 9.17) is 11.6 Å². The smallest absolute Gasteiger partial charge is 0.0491 e. The van der Waals surface area contributed by atoms with Crippen LogP contribution in [0.2, 0.25) is 5.02 Å². The van der Waals surface area contributed by atoms with Crippen LogP contribution in [0.1, 0.15) is 18.1 Å². The van der Waals surface area contributed by atoms with Gasteiger partial charge in [0.05, 0.1) is 0 Å². The van der Waals surface area contributed by atoms with Gasteiger partial charge < -0.3 is 9.88 Å². The molecule has 0 bridgehead atoms. The highest BCUT2D eigenvalue weighted by Gasteiger charge is 2.09. The predicted octanol–water partition coefficient (Wildman–Crippen LogP) is 5.80. The largest absolute Gasteiger partial charge is 0.341 e. The van der Waals surface area contributed by atoms with Crippen LogP contribution in [0.3, 0.4) is 0 Å². The quantitative estimate of drug-likeness (QED) is 0.429. The number of aryl methyl sites for hydroxylation is 1. The first-order chi connectivity index (χ1) is 12.8. The number of aromatic nitrogens is 1. The summed E-state index contributed by atoms with van der Waals surface area (Å²) in [5, 5.41) is 7.04. The van der Waals surface area contributed by atoms with Crippen LogP contribution < -0.4 is 5.32 Å². The minimum Gasteiger partial charge on any atom is -0.341 e. The fourth-order valence-corrected chi connectivity index (χ4v) is 3.79. The maximum Gasteiger partial charge on any atom is 0.0491 e. The van der Waals surface area contributed by atoms with Crippen LogP contribution in [-0.4, -0.2) is 11.1 Å². The number of hydrogen-bond donors (Lipinski definition) is 1. The molecule has 4 aromatic rings. The van der Waals surface area contributed by atoms with Crippen LogP contribution in [0.15, 0.2) is 66.7 Å². The molecule has 0 saturated heterocycles. The van der Waals surface area contributed by atoms with Crippen LogP contribution in [0, 0.1) is 0 Å². The first kappa shape index (κ1) is 17.1. The van der Waals surface area contributed by atoms with Crippen molar-refractivity contribution in [3.8, 4) is 0 Å². The molecule has 2 nitrogen and oxygen atoms in total. The monoisotopic (exact) mass is 362 g/mol. The van der Waals surface area contributed by atoms with Crippen molar-refractivity contribution in [1.29, 1.82) is 0 Å². The van der Waals surface area contributed by atoms with Gasteiger partial charge in [0.2, 0.25) is 0 Å².